The molecular formula is C12H15ClN4S2. The van der Waals surface area contributed by atoms with Gasteiger partial charge in [0.2, 0.25) is 0 Å². The molecule has 1 aliphatic rings. The second-order valence-electron chi connectivity index (χ2n) is 4.58. The number of rotatable bonds is 6. The van der Waals surface area contributed by atoms with Crippen LogP contribution in [0.3, 0.4) is 0 Å². The zero-order valence-electron chi connectivity index (χ0n) is 10.5. The first-order chi connectivity index (χ1) is 9.26. The van der Waals surface area contributed by atoms with Gasteiger partial charge in [0, 0.05) is 16.8 Å². The van der Waals surface area contributed by atoms with Crippen molar-refractivity contribution >= 4 is 34.7 Å². The molecule has 0 bridgehead atoms. The van der Waals surface area contributed by atoms with Crippen molar-refractivity contribution in [1.29, 1.82) is 0 Å². The average molecular weight is 315 g/mol. The van der Waals surface area contributed by atoms with Crippen LogP contribution in [0.25, 0.3) is 0 Å². The van der Waals surface area contributed by atoms with Crippen LogP contribution in [0, 0.1) is 0 Å². The largest absolute Gasteiger partial charge is 0.302 e. The van der Waals surface area contributed by atoms with Gasteiger partial charge < -0.3 is 5.32 Å². The molecule has 0 aliphatic heterocycles. The minimum absolute atomic E-state index is 0.385. The average Bonchev–Trinajstić information content (AvgIpc) is 2.79. The number of hydrogen-bond donors (Lipinski definition) is 2. The maximum Gasteiger partial charge on any atom is 0.140 e. The minimum Gasteiger partial charge on any atom is -0.302 e. The number of nitrogens with zero attached hydrogens (tertiary/aromatic N) is 2. The lowest BCUT2D eigenvalue weighted by atomic mass is 10.3. The van der Waals surface area contributed by atoms with Crippen molar-refractivity contribution in [1.82, 2.24) is 20.7 Å². The Morgan fingerprint density at radius 1 is 1.63 bits per heavy atom. The first-order valence-corrected chi connectivity index (χ1v) is 8.37. The number of aromatic amines is 1. The van der Waals surface area contributed by atoms with Gasteiger partial charge in [0.15, 0.2) is 0 Å². The van der Waals surface area contributed by atoms with Gasteiger partial charge in [-0.25, -0.2) is 0 Å². The van der Waals surface area contributed by atoms with Crippen LogP contribution in [0.1, 0.15) is 30.6 Å². The summed E-state index contributed by atoms with van der Waals surface area (Å²) in [5.74, 6) is 0.629. The summed E-state index contributed by atoms with van der Waals surface area (Å²) < 4.78 is 0.879. The molecule has 0 radical (unpaired) electrons. The van der Waals surface area contributed by atoms with E-state index in [1.165, 1.54) is 11.3 Å². The smallest absolute Gasteiger partial charge is 0.140 e. The second-order valence-corrected chi connectivity index (χ2v) is 7.55. The van der Waals surface area contributed by atoms with Gasteiger partial charge in [-0.1, -0.05) is 30.3 Å². The summed E-state index contributed by atoms with van der Waals surface area (Å²) in [6.07, 6.45) is 4.02. The number of H-pyrrole nitrogens is 1. The van der Waals surface area contributed by atoms with E-state index in [2.05, 4.69) is 33.7 Å². The van der Waals surface area contributed by atoms with E-state index in [0.717, 1.165) is 15.8 Å². The lowest BCUT2D eigenvalue weighted by molar-refractivity contribution is 0.619. The summed E-state index contributed by atoms with van der Waals surface area (Å²) in [4.78, 5) is 1.39. The summed E-state index contributed by atoms with van der Waals surface area (Å²) in [5, 5.41) is 15.6. The molecule has 2 heterocycles. The Balaban J connectivity index is 1.54. The molecular weight excluding hydrogens is 300 g/mol. The zero-order valence-corrected chi connectivity index (χ0v) is 12.9. The predicted molar refractivity (Wildman–Crippen MR) is 79.9 cm³/mol. The highest BCUT2D eigenvalue weighted by Crippen LogP contribution is 2.45. The fraction of sp³-hybridized carbons (Fsp3) is 0.500. The Kier molecular flexibility index (Phi) is 4.12. The molecule has 3 atom stereocenters. The lowest BCUT2D eigenvalue weighted by Crippen LogP contribution is -2.28. The van der Waals surface area contributed by atoms with Gasteiger partial charge in [-0.2, -0.15) is 10.3 Å². The molecule has 1 unspecified atom stereocenters. The van der Waals surface area contributed by atoms with E-state index in [4.69, 9.17) is 11.6 Å². The molecule has 7 heteroatoms. The van der Waals surface area contributed by atoms with Crippen LogP contribution in [0.15, 0.2) is 23.4 Å². The molecule has 0 amide bonds. The minimum atomic E-state index is 0.385. The van der Waals surface area contributed by atoms with Crippen LogP contribution in [0.4, 0.5) is 0 Å². The summed E-state index contributed by atoms with van der Waals surface area (Å²) in [7, 11) is 0. The molecule has 0 saturated heterocycles. The standard InChI is InChI=1S/C12H15ClN4S2/c1-2-11(19-12-6-14-17-16-12)15-8-5-7(8)9-3-4-10(13)18-9/h3-4,6-8,11,15H,2,5H2,1H3,(H,14,16,17)/t7-,8-,11?/m1/s1. The van der Waals surface area contributed by atoms with Gasteiger partial charge >= 0.3 is 0 Å². The molecule has 1 aliphatic carbocycles. The Morgan fingerprint density at radius 3 is 3.16 bits per heavy atom. The first-order valence-electron chi connectivity index (χ1n) is 6.30. The highest BCUT2D eigenvalue weighted by Gasteiger charge is 2.40. The van der Waals surface area contributed by atoms with E-state index in [1.54, 1.807) is 29.3 Å². The Labute approximate surface area is 125 Å². The van der Waals surface area contributed by atoms with Crippen molar-refractivity contribution < 1.29 is 0 Å². The second kappa shape index (κ2) is 5.83. The summed E-state index contributed by atoms with van der Waals surface area (Å²) in [6.45, 7) is 2.18. The fourth-order valence-electron chi connectivity index (χ4n) is 2.09. The number of aromatic nitrogens is 3. The molecule has 2 aromatic heterocycles. The van der Waals surface area contributed by atoms with Gasteiger partial charge in [0.25, 0.3) is 0 Å². The monoisotopic (exact) mass is 314 g/mol. The number of thiophene rings is 1. The highest BCUT2D eigenvalue weighted by molar-refractivity contribution is 7.99. The van der Waals surface area contributed by atoms with E-state index in [-0.39, 0.29) is 0 Å². The molecule has 1 fully saturated rings. The van der Waals surface area contributed by atoms with E-state index in [1.807, 2.05) is 6.07 Å². The van der Waals surface area contributed by atoms with Crippen molar-refractivity contribution in [2.75, 3.05) is 0 Å². The van der Waals surface area contributed by atoms with E-state index < -0.39 is 0 Å². The van der Waals surface area contributed by atoms with Crippen molar-refractivity contribution in [3.05, 3.63) is 27.5 Å². The van der Waals surface area contributed by atoms with Crippen LogP contribution in [0.2, 0.25) is 4.34 Å². The fourth-order valence-corrected chi connectivity index (χ4v) is 4.24. The first kappa shape index (κ1) is 13.4. The molecule has 102 valence electrons. The lowest BCUT2D eigenvalue weighted by Gasteiger charge is -2.14. The van der Waals surface area contributed by atoms with Crippen LogP contribution >= 0.6 is 34.7 Å². The molecule has 1 saturated carbocycles. The van der Waals surface area contributed by atoms with Crippen molar-refractivity contribution in [2.45, 2.75) is 42.1 Å². The van der Waals surface area contributed by atoms with Gasteiger partial charge in [-0.05, 0) is 25.0 Å². The Hall–Kier alpha value is -0.560. The van der Waals surface area contributed by atoms with Gasteiger partial charge in [-0.3, -0.25) is 0 Å². The SMILES string of the molecule is CCC(N[C@@H]1C[C@H]1c1ccc(Cl)s1)Sc1cn[nH]n1. The van der Waals surface area contributed by atoms with Crippen molar-refractivity contribution in [3.8, 4) is 0 Å². The predicted octanol–water partition coefficient (Wildman–Crippen LogP) is 3.49. The van der Waals surface area contributed by atoms with Crippen molar-refractivity contribution in [3.63, 3.8) is 0 Å². The number of hydrogen-bond acceptors (Lipinski definition) is 5. The van der Waals surface area contributed by atoms with Gasteiger partial charge in [0.05, 0.1) is 15.9 Å². The molecule has 4 nitrogen and oxygen atoms in total. The van der Waals surface area contributed by atoms with Crippen LogP contribution < -0.4 is 5.32 Å². The third kappa shape index (κ3) is 3.31. The molecule has 2 N–H and O–H groups in total. The summed E-state index contributed by atoms with van der Waals surface area (Å²) >= 11 is 9.40. The van der Waals surface area contributed by atoms with E-state index in [0.29, 0.717) is 17.3 Å². The third-order valence-electron chi connectivity index (χ3n) is 3.18. The normalized spacial score (nSPS) is 23.5. The topological polar surface area (TPSA) is 53.6 Å². The molecule has 2 aromatic rings. The Bertz CT molecular complexity index is 528. The van der Waals surface area contributed by atoms with Gasteiger partial charge in [0.1, 0.15) is 5.03 Å². The third-order valence-corrected chi connectivity index (χ3v) is 5.73. The molecule has 0 spiro atoms. The highest BCUT2D eigenvalue weighted by atomic mass is 35.5. The van der Waals surface area contributed by atoms with E-state index in [9.17, 15) is 0 Å². The summed E-state index contributed by atoms with van der Waals surface area (Å²) in [6, 6.07) is 4.70. The quantitative estimate of drug-likeness (QED) is 0.633. The number of nitrogens with one attached hydrogen (secondary N) is 2. The molecule has 0 aromatic carbocycles. The van der Waals surface area contributed by atoms with Crippen LogP contribution in [-0.2, 0) is 0 Å². The maximum absolute atomic E-state index is 5.98. The molecule has 3 rings (SSSR count). The number of thioether (sulfide) groups is 1. The zero-order chi connectivity index (χ0) is 13.2. The summed E-state index contributed by atoms with van der Waals surface area (Å²) in [5.41, 5.74) is 0. The number of halogens is 1. The van der Waals surface area contributed by atoms with Crippen LogP contribution in [-0.4, -0.2) is 26.8 Å². The van der Waals surface area contributed by atoms with E-state index >= 15 is 0 Å². The van der Waals surface area contributed by atoms with Crippen LogP contribution in [0.5, 0.6) is 0 Å². The van der Waals surface area contributed by atoms with Gasteiger partial charge in [-0.15, -0.1) is 16.4 Å². The maximum atomic E-state index is 5.98. The molecule has 19 heavy (non-hydrogen) atoms. The Morgan fingerprint density at radius 2 is 2.53 bits per heavy atom. The van der Waals surface area contributed by atoms with Crippen molar-refractivity contribution in [2.24, 2.45) is 0 Å².